The van der Waals surface area contributed by atoms with Crippen LogP contribution in [0.25, 0.3) is 0 Å². The maximum absolute atomic E-state index is 14.0. The first-order valence-electron chi connectivity index (χ1n) is 12.6. The second-order valence-corrected chi connectivity index (χ2v) is 11.7. The molecule has 0 bridgehead atoms. The summed E-state index contributed by atoms with van der Waals surface area (Å²) in [6, 6.07) is 30.6. The summed E-state index contributed by atoms with van der Waals surface area (Å²) in [7, 11) is -4.10. The molecule has 0 radical (unpaired) electrons. The van der Waals surface area contributed by atoms with Crippen LogP contribution in [0.1, 0.15) is 29.7 Å². The van der Waals surface area contributed by atoms with Crippen LogP contribution in [0, 0.1) is 6.92 Å². The second kappa shape index (κ2) is 12.9. The van der Waals surface area contributed by atoms with E-state index in [1.807, 2.05) is 74.7 Å². The fourth-order valence-corrected chi connectivity index (χ4v) is 6.15. The van der Waals surface area contributed by atoms with Gasteiger partial charge in [0.15, 0.2) is 0 Å². The van der Waals surface area contributed by atoms with Gasteiger partial charge in [0, 0.05) is 4.90 Å². The Kier molecular flexibility index (Phi) is 9.32. The summed E-state index contributed by atoms with van der Waals surface area (Å²) >= 11 is 1.52. The van der Waals surface area contributed by atoms with E-state index in [0.29, 0.717) is 18.0 Å². The van der Waals surface area contributed by atoms with E-state index >= 15 is 0 Å². The summed E-state index contributed by atoms with van der Waals surface area (Å²) in [6.07, 6.45) is 1.93. The van der Waals surface area contributed by atoms with Gasteiger partial charge in [-0.25, -0.2) is 8.42 Å². The number of nitrogens with zero attached hydrogens (tertiary/aromatic N) is 1. The average Bonchev–Trinajstić information content (AvgIpc) is 2.95. The van der Waals surface area contributed by atoms with Gasteiger partial charge in [-0.05, 0) is 67.6 Å². The quantitative estimate of drug-likeness (QED) is 0.221. The number of rotatable bonds is 11. The Morgan fingerprint density at radius 2 is 1.56 bits per heavy atom. The highest BCUT2D eigenvalue weighted by Crippen LogP contribution is 2.33. The SMILES string of the molecule is CCOc1ccccc1N(CC(=O)NC(c1ccccc1)c1cccc(C)c1)S(=O)(=O)c1ccc(SC)cc1. The molecule has 1 atom stereocenters. The zero-order chi connectivity index (χ0) is 27.8. The predicted molar refractivity (Wildman–Crippen MR) is 158 cm³/mol. The van der Waals surface area contributed by atoms with Gasteiger partial charge in [0.25, 0.3) is 10.0 Å². The van der Waals surface area contributed by atoms with Crippen molar-refractivity contribution in [2.24, 2.45) is 0 Å². The molecule has 0 spiro atoms. The van der Waals surface area contributed by atoms with E-state index in [1.54, 1.807) is 48.5 Å². The maximum atomic E-state index is 14.0. The van der Waals surface area contributed by atoms with Crippen LogP contribution in [0.15, 0.2) is 113 Å². The van der Waals surface area contributed by atoms with Crippen LogP contribution in [0.5, 0.6) is 5.75 Å². The Morgan fingerprint density at radius 1 is 0.897 bits per heavy atom. The lowest BCUT2D eigenvalue weighted by Crippen LogP contribution is -2.42. The topological polar surface area (TPSA) is 75.7 Å². The third-order valence-corrected chi connectivity index (χ3v) is 8.70. The zero-order valence-corrected chi connectivity index (χ0v) is 23.8. The van der Waals surface area contributed by atoms with Crippen molar-refractivity contribution in [1.29, 1.82) is 0 Å². The van der Waals surface area contributed by atoms with E-state index in [0.717, 1.165) is 25.9 Å². The monoisotopic (exact) mass is 560 g/mol. The number of hydrogen-bond acceptors (Lipinski definition) is 5. The number of thioether (sulfide) groups is 1. The van der Waals surface area contributed by atoms with Gasteiger partial charge in [-0.1, -0.05) is 72.3 Å². The van der Waals surface area contributed by atoms with Crippen LogP contribution >= 0.6 is 11.8 Å². The first kappa shape index (κ1) is 28.3. The summed E-state index contributed by atoms with van der Waals surface area (Å²) < 4.78 is 34.8. The van der Waals surface area contributed by atoms with Crippen LogP contribution < -0.4 is 14.4 Å². The highest BCUT2D eigenvalue weighted by atomic mass is 32.2. The molecule has 0 heterocycles. The number of para-hydroxylation sites is 2. The summed E-state index contributed by atoms with van der Waals surface area (Å²) in [5.74, 6) is -0.0589. The van der Waals surface area contributed by atoms with Crippen LogP contribution in [0.2, 0.25) is 0 Å². The maximum Gasteiger partial charge on any atom is 0.264 e. The Hall–Kier alpha value is -3.75. The molecule has 202 valence electrons. The molecule has 0 aliphatic carbocycles. The van der Waals surface area contributed by atoms with E-state index < -0.39 is 28.5 Å². The molecule has 4 aromatic carbocycles. The number of carbonyl (C=O) groups excluding carboxylic acids is 1. The zero-order valence-electron chi connectivity index (χ0n) is 22.2. The van der Waals surface area contributed by atoms with Crippen LogP contribution in [0.3, 0.4) is 0 Å². The second-order valence-electron chi connectivity index (χ2n) is 8.91. The molecule has 8 heteroatoms. The first-order valence-corrected chi connectivity index (χ1v) is 15.3. The summed E-state index contributed by atoms with van der Waals surface area (Å²) in [5.41, 5.74) is 3.17. The summed E-state index contributed by atoms with van der Waals surface area (Å²) in [6.45, 7) is 3.75. The van der Waals surface area contributed by atoms with E-state index in [9.17, 15) is 13.2 Å². The van der Waals surface area contributed by atoms with Crippen LogP contribution in [-0.2, 0) is 14.8 Å². The van der Waals surface area contributed by atoms with E-state index in [1.165, 1.54) is 11.8 Å². The fourth-order valence-electron chi connectivity index (χ4n) is 4.31. The number of nitrogens with one attached hydrogen (secondary N) is 1. The van der Waals surface area contributed by atoms with E-state index in [-0.39, 0.29) is 4.90 Å². The number of anilines is 1. The third-order valence-electron chi connectivity index (χ3n) is 6.18. The number of ether oxygens (including phenoxy) is 1. The lowest BCUT2D eigenvalue weighted by atomic mass is 9.97. The molecule has 0 aromatic heterocycles. The molecule has 6 nitrogen and oxygen atoms in total. The van der Waals surface area contributed by atoms with Crippen molar-refractivity contribution in [1.82, 2.24) is 5.32 Å². The van der Waals surface area contributed by atoms with Crippen LogP contribution in [-0.4, -0.2) is 33.7 Å². The van der Waals surface area contributed by atoms with Gasteiger partial charge in [-0.15, -0.1) is 11.8 Å². The molecule has 0 aliphatic heterocycles. The minimum Gasteiger partial charge on any atom is -0.492 e. The van der Waals surface area contributed by atoms with Gasteiger partial charge < -0.3 is 10.1 Å². The standard InChI is InChI=1S/C31H32N2O4S2/c1-4-37-29-16-9-8-15-28(29)33(39(35,36)27-19-17-26(38-3)18-20-27)22-30(34)32-31(24-12-6-5-7-13-24)25-14-10-11-23(2)21-25/h5-21,31H,4,22H2,1-3H3,(H,32,34). The number of sulfonamides is 1. The molecule has 1 unspecified atom stereocenters. The highest BCUT2D eigenvalue weighted by molar-refractivity contribution is 7.98. The Bertz CT molecular complexity index is 1510. The normalized spacial score (nSPS) is 12.0. The molecular formula is C31H32N2O4S2. The number of carbonyl (C=O) groups is 1. The van der Waals surface area contributed by atoms with Crippen molar-refractivity contribution < 1.29 is 17.9 Å². The Morgan fingerprint density at radius 3 is 2.23 bits per heavy atom. The number of hydrogen-bond donors (Lipinski definition) is 1. The van der Waals surface area contributed by atoms with Crippen molar-refractivity contribution in [3.8, 4) is 5.75 Å². The Labute approximate surface area is 235 Å². The number of amides is 1. The van der Waals surface area contributed by atoms with Crippen molar-refractivity contribution >= 4 is 33.4 Å². The fraction of sp³-hybridized carbons (Fsp3) is 0.194. The smallest absolute Gasteiger partial charge is 0.264 e. The molecule has 0 saturated heterocycles. The molecule has 0 saturated carbocycles. The van der Waals surface area contributed by atoms with Crippen LogP contribution in [0.4, 0.5) is 5.69 Å². The highest BCUT2D eigenvalue weighted by Gasteiger charge is 2.30. The first-order chi connectivity index (χ1) is 18.8. The lowest BCUT2D eigenvalue weighted by Gasteiger charge is -2.27. The molecule has 39 heavy (non-hydrogen) atoms. The van der Waals surface area contributed by atoms with Gasteiger partial charge in [0.05, 0.1) is 23.2 Å². The number of aryl methyl sites for hydroxylation is 1. The molecule has 4 aromatic rings. The van der Waals surface area contributed by atoms with Gasteiger partial charge in [-0.3, -0.25) is 9.10 Å². The average molecular weight is 561 g/mol. The molecular weight excluding hydrogens is 528 g/mol. The molecule has 1 amide bonds. The van der Waals surface area contributed by atoms with Gasteiger partial charge >= 0.3 is 0 Å². The minimum atomic E-state index is -4.10. The number of benzene rings is 4. The van der Waals surface area contributed by atoms with Crippen molar-refractivity contribution in [2.45, 2.75) is 29.7 Å². The van der Waals surface area contributed by atoms with E-state index in [2.05, 4.69) is 5.32 Å². The predicted octanol–water partition coefficient (Wildman–Crippen LogP) is 6.22. The molecule has 1 N–H and O–H groups in total. The lowest BCUT2D eigenvalue weighted by molar-refractivity contribution is -0.120. The van der Waals surface area contributed by atoms with Gasteiger partial charge in [0.1, 0.15) is 12.3 Å². The van der Waals surface area contributed by atoms with Gasteiger partial charge in [-0.2, -0.15) is 0 Å². The van der Waals surface area contributed by atoms with Crippen molar-refractivity contribution in [3.63, 3.8) is 0 Å². The van der Waals surface area contributed by atoms with Gasteiger partial charge in [0.2, 0.25) is 5.91 Å². The third kappa shape index (κ3) is 6.82. The van der Waals surface area contributed by atoms with Crippen molar-refractivity contribution in [2.75, 3.05) is 23.7 Å². The van der Waals surface area contributed by atoms with E-state index in [4.69, 9.17) is 4.74 Å². The molecule has 0 fully saturated rings. The molecule has 4 rings (SSSR count). The Balaban J connectivity index is 1.73. The minimum absolute atomic E-state index is 0.0951. The largest absolute Gasteiger partial charge is 0.492 e. The molecule has 0 aliphatic rings. The summed E-state index contributed by atoms with van der Waals surface area (Å²) in [5, 5.41) is 3.08. The van der Waals surface area contributed by atoms with Crippen molar-refractivity contribution in [3.05, 3.63) is 120 Å². The summed E-state index contributed by atoms with van der Waals surface area (Å²) in [4.78, 5) is 14.7.